The molecular weight excluding hydrogens is 394 g/mol. The fourth-order valence-corrected chi connectivity index (χ4v) is 5.76. The van der Waals surface area contributed by atoms with Crippen molar-refractivity contribution in [2.75, 3.05) is 53.0 Å². The fraction of sp³-hybridized carbons (Fsp3) is 0.593. The molecule has 5 rings (SSSR count). The van der Waals surface area contributed by atoms with E-state index in [1.165, 1.54) is 62.4 Å². The summed E-state index contributed by atoms with van der Waals surface area (Å²) in [5.41, 5.74) is 5.26. The lowest BCUT2D eigenvalue weighted by Crippen LogP contribution is -2.45. The molecule has 172 valence electrons. The average molecular weight is 434 g/mol. The molecule has 2 saturated heterocycles. The molecule has 0 amide bonds. The molecule has 2 fully saturated rings. The number of fused-ring (bicyclic) bond motifs is 1. The van der Waals surface area contributed by atoms with E-state index in [0.29, 0.717) is 18.0 Å². The third-order valence-corrected chi connectivity index (χ3v) is 7.75. The zero-order valence-corrected chi connectivity index (χ0v) is 19.8. The Bertz CT molecular complexity index is 880. The Morgan fingerprint density at radius 3 is 2.84 bits per heavy atom. The average Bonchev–Trinajstić information content (AvgIpc) is 3.22. The topological polar surface area (TPSA) is 34.6 Å². The highest BCUT2D eigenvalue weighted by molar-refractivity contribution is 5.82. The van der Waals surface area contributed by atoms with Crippen molar-refractivity contribution in [3.8, 4) is 0 Å². The van der Waals surface area contributed by atoms with E-state index < -0.39 is 0 Å². The number of nitrogens with zero attached hydrogens (tertiary/aromatic N) is 4. The summed E-state index contributed by atoms with van der Waals surface area (Å²) in [4.78, 5) is 12.6. The molecule has 0 radical (unpaired) electrons. The van der Waals surface area contributed by atoms with Gasteiger partial charge in [-0.25, -0.2) is 0 Å². The number of rotatable bonds is 6. The molecule has 0 bridgehead atoms. The number of hydrogen-bond donors (Lipinski definition) is 1. The van der Waals surface area contributed by atoms with E-state index >= 15 is 0 Å². The third kappa shape index (κ3) is 4.91. The number of hydrogen-bond acceptors (Lipinski definition) is 5. The first kappa shape index (κ1) is 22.0. The molecule has 0 unspecified atom stereocenters. The van der Waals surface area contributed by atoms with E-state index in [1.807, 2.05) is 6.20 Å². The third-order valence-electron chi connectivity index (χ3n) is 7.75. The van der Waals surface area contributed by atoms with E-state index in [1.54, 1.807) is 0 Å². The van der Waals surface area contributed by atoms with Gasteiger partial charge in [-0.3, -0.25) is 15.2 Å². The summed E-state index contributed by atoms with van der Waals surface area (Å²) in [6.07, 6.45) is 16.0. The number of allylic oxidation sites excluding steroid dienone is 4. The first-order valence-electron chi connectivity index (χ1n) is 12.6. The Labute approximate surface area is 193 Å². The van der Waals surface area contributed by atoms with Crippen LogP contribution in [0, 0.1) is 5.92 Å². The van der Waals surface area contributed by atoms with Gasteiger partial charge in [0.1, 0.15) is 0 Å². The molecule has 2 aliphatic carbocycles. The number of likely N-dealkylation sites (N-methyl/N-ethyl adjacent to an activating group) is 1. The maximum absolute atomic E-state index is 4.82. The van der Waals surface area contributed by atoms with Crippen LogP contribution in [-0.4, -0.2) is 84.8 Å². The Morgan fingerprint density at radius 1 is 1.12 bits per heavy atom. The molecule has 2 aliphatic heterocycles. The normalized spacial score (nSPS) is 29.6. The summed E-state index contributed by atoms with van der Waals surface area (Å²) in [5.74, 6) is 0.587. The number of nitrogens with one attached hydrogen (secondary N) is 1. The van der Waals surface area contributed by atoms with Crippen LogP contribution in [0.4, 0.5) is 0 Å². The van der Waals surface area contributed by atoms with Crippen LogP contribution in [0.15, 0.2) is 42.6 Å². The predicted octanol–water partition coefficient (Wildman–Crippen LogP) is 3.48. The Morgan fingerprint density at radius 2 is 2.00 bits per heavy atom. The number of piperazine rings is 1. The monoisotopic (exact) mass is 433 g/mol. The second-order valence-electron chi connectivity index (χ2n) is 10.2. The highest BCUT2D eigenvalue weighted by atomic mass is 15.3. The van der Waals surface area contributed by atoms with Gasteiger partial charge in [0, 0.05) is 63.2 Å². The van der Waals surface area contributed by atoms with Crippen LogP contribution in [-0.2, 0) is 0 Å². The molecule has 1 aromatic rings. The molecule has 0 saturated carbocycles. The van der Waals surface area contributed by atoms with Crippen molar-refractivity contribution >= 4 is 11.1 Å². The van der Waals surface area contributed by atoms with Crippen LogP contribution in [0.25, 0.3) is 11.1 Å². The van der Waals surface area contributed by atoms with Crippen LogP contribution in [0.2, 0.25) is 0 Å². The maximum Gasteiger partial charge on any atom is 0.0773 e. The molecule has 5 heteroatoms. The minimum atomic E-state index is 0.587. The second-order valence-corrected chi connectivity index (χ2v) is 10.2. The maximum atomic E-state index is 4.82. The van der Waals surface area contributed by atoms with Crippen LogP contribution in [0.5, 0.6) is 0 Å². The standard InChI is InChI=1S/C27H39N5/c1-21-6-3-7-23(18-21)27-24(8-4-11-28-27)22-9-10-25-26(19-22)32(20-29-25)13-5-12-31-16-14-30(2)15-17-31/h3-4,7-9,11,18,21,25-26,29H,5-6,10,12-17,19-20H2,1-2H3/t21-,25+,26-/m1/s1. The van der Waals surface area contributed by atoms with Crippen molar-refractivity contribution in [1.82, 2.24) is 25.0 Å². The summed E-state index contributed by atoms with van der Waals surface area (Å²) < 4.78 is 0. The summed E-state index contributed by atoms with van der Waals surface area (Å²) in [6.45, 7) is 10.6. The number of aromatic nitrogens is 1. The van der Waals surface area contributed by atoms with Crippen LogP contribution >= 0.6 is 0 Å². The van der Waals surface area contributed by atoms with Crippen molar-refractivity contribution in [3.05, 3.63) is 53.9 Å². The quantitative estimate of drug-likeness (QED) is 0.743. The van der Waals surface area contributed by atoms with E-state index in [0.717, 1.165) is 31.6 Å². The summed E-state index contributed by atoms with van der Waals surface area (Å²) in [5, 5.41) is 3.78. The molecule has 0 aromatic carbocycles. The Hall–Kier alpha value is -1.79. The van der Waals surface area contributed by atoms with E-state index in [9.17, 15) is 0 Å². The lowest BCUT2D eigenvalue weighted by molar-refractivity contribution is 0.143. The minimum Gasteiger partial charge on any atom is -0.304 e. The fourth-order valence-electron chi connectivity index (χ4n) is 5.76. The van der Waals surface area contributed by atoms with Crippen molar-refractivity contribution in [3.63, 3.8) is 0 Å². The van der Waals surface area contributed by atoms with E-state index in [4.69, 9.17) is 4.98 Å². The first-order chi connectivity index (χ1) is 15.7. The van der Waals surface area contributed by atoms with Crippen molar-refractivity contribution in [1.29, 1.82) is 0 Å². The van der Waals surface area contributed by atoms with Crippen molar-refractivity contribution in [2.24, 2.45) is 5.92 Å². The van der Waals surface area contributed by atoms with Gasteiger partial charge in [0.15, 0.2) is 0 Å². The van der Waals surface area contributed by atoms with Gasteiger partial charge in [0.05, 0.1) is 5.69 Å². The lowest BCUT2D eigenvalue weighted by atomic mass is 9.84. The SMILES string of the molecule is C[C@H]1C=C(c2ncccc2C2=CC[C@@H]3NCN(CCCN4CCN(C)CC4)[C@@H]3C2)C=CC1. The Balaban J connectivity index is 1.24. The highest BCUT2D eigenvalue weighted by Gasteiger charge is 2.36. The lowest BCUT2D eigenvalue weighted by Gasteiger charge is -2.34. The summed E-state index contributed by atoms with van der Waals surface area (Å²) in [7, 11) is 2.23. The van der Waals surface area contributed by atoms with Gasteiger partial charge in [-0.05, 0) is 62.4 Å². The second kappa shape index (κ2) is 10.0. The largest absolute Gasteiger partial charge is 0.304 e. The van der Waals surface area contributed by atoms with Crippen LogP contribution in [0.1, 0.15) is 43.9 Å². The zero-order valence-electron chi connectivity index (χ0n) is 19.8. The Kier molecular flexibility index (Phi) is 6.88. The van der Waals surface area contributed by atoms with Crippen LogP contribution < -0.4 is 5.32 Å². The van der Waals surface area contributed by atoms with E-state index in [2.05, 4.69) is 70.4 Å². The van der Waals surface area contributed by atoms with Gasteiger partial charge in [0.25, 0.3) is 0 Å². The first-order valence-corrected chi connectivity index (χ1v) is 12.6. The molecular formula is C27H39N5. The van der Waals surface area contributed by atoms with Gasteiger partial charge in [0.2, 0.25) is 0 Å². The zero-order chi connectivity index (χ0) is 21.9. The molecule has 0 spiro atoms. The van der Waals surface area contributed by atoms with Crippen molar-refractivity contribution in [2.45, 2.75) is 44.7 Å². The molecule has 5 nitrogen and oxygen atoms in total. The van der Waals surface area contributed by atoms with Gasteiger partial charge in [-0.1, -0.05) is 37.3 Å². The van der Waals surface area contributed by atoms with Gasteiger partial charge < -0.3 is 9.80 Å². The predicted molar refractivity (Wildman–Crippen MR) is 133 cm³/mol. The molecule has 3 heterocycles. The van der Waals surface area contributed by atoms with Gasteiger partial charge in [-0.15, -0.1) is 0 Å². The summed E-state index contributed by atoms with van der Waals surface area (Å²) in [6, 6.07) is 5.58. The summed E-state index contributed by atoms with van der Waals surface area (Å²) >= 11 is 0. The molecule has 1 aromatic heterocycles. The smallest absolute Gasteiger partial charge is 0.0773 e. The minimum absolute atomic E-state index is 0.587. The van der Waals surface area contributed by atoms with Gasteiger partial charge in [-0.2, -0.15) is 0 Å². The molecule has 1 N–H and O–H groups in total. The van der Waals surface area contributed by atoms with Crippen LogP contribution in [0.3, 0.4) is 0 Å². The number of pyridine rings is 1. The van der Waals surface area contributed by atoms with E-state index in [-0.39, 0.29) is 0 Å². The highest BCUT2D eigenvalue weighted by Crippen LogP contribution is 2.36. The molecule has 32 heavy (non-hydrogen) atoms. The van der Waals surface area contributed by atoms with Gasteiger partial charge >= 0.3 is 0 Å². The van der Waals surface area contributed by atoms with Crippen molar-refractivity contribution < 1.29 is 0 Å². The molecule has 3 atom stereocenters. The molecule has 4 aliphatic rings.